The summed E-state index contributed by atoms with van der Waals surface area (Å²) in [6.07, 6.45) is 1.75. The Morgan fingerprint density at radius 3 is 2.45 bits per heavy atom. The van der Waals surface area contributed by atoms with Gasteiger partial charge in [-0.15, -0.1) is 0 Å². The summed E-state index contributed by atoms with van der Waals surface area (Å²) in [5, 5.41) is 4.01. The summed E-state index contributed by atoms with van der Waals surface area (Å²) in [6, 6.07) is 8.44. The lowest BCUT2D eigenvalue weighted by Crippen LogP contribution is -2.35. The summed E-state index contributed by atoms with van der Waals surface area (Å²) in [6.45, 7) is 10.6. The first-order chi connectivity index (χ1) is 9.53. The molecule has 0 radical (unpaired) electrons. The molecule has 4 nitrogen and oxygen atoms in total. The maximum Gasteiger partial charge on any atom is 0.129 e. The van der Waals surface area contributed by atoms with Crippen LogP contribution in [0.15, 0.2) is 29.4 Å². The topological polar surface area (TPSA) is 34.1 Å². The molecule has 4 heteroatoms. The third-order valence-electron chi connectivity index (χ3n) is 3.02. The number of ether oxygens (including phenoxy) is 1. The first kappa shape index (κ1) is 15.0. The molecule has 110 valence electrons. The van der Waals surface area contributed by atoms with Crippen LogP contribution >= 0.6 is 0 Å². The molecule has 0 spiro atoms. The molecule has 1 aromatic carbocycles. The van der Waals surface area contributed by atoms with E-state index in [9.17, 15) is 0 Å². The van der Waals surface area contributed by atoms with Gasteiger partial charge in [-0.1, -0.05) is 29.4 Å². The van der Waals surface area contributed by atoms with Crippen molar-refractivity contribution < 1.29 is 9.57 Å². The monoisotopic (exact) mass is 276 g/mol. The zero-order valence-electron chi connectivity index (χ0n) is 12.6. The highest BCUT2D eigenvalue weighted by Gasteiger charge is 2.10. The van der Waals surface area contributed by atoms with Crippen LogP contribution in [0.2, 0.25) is 0 Å². The predicted molar refractivity (Wildman–Crippen MR) is 81.0 cm³/mol. The number of benzene rings is 1. The van der Waals surface area contributed by atoms with Crippen molar-refractivity contribution in [3.8, 4) is 0 Å². The van der Waals surface area contributed by atoms with Crippen LogP contribution in [-0.4, -0.2) is 43.0 Å². The van der Waals surface area contributed by atoms with Crippen molar-refractivity contribution in [2.24, 2.45) is 5.16 Å². The van der Waals surface area contributed by atoms with Gasteiger partial charge in [0.15, 0.2) is 0 Å². The van der Waals surface area contributed by atoms with Gasteiger partial charge in [0.05, 0.1) is 19.4 Å². The van der Waals surface area contributed by atoms with Crippen molar-refractivity contribution in [2.75, 3.05) is 26.3 Å². The Hall–Kier alpha value is -1.39. The van der Waals surface area contributed by atoms with E-state index in [1.165, 1.54) is 5.56 Å². The van der Waals surface area contributed by atoms with Gasteiger partial charge >= 0.3 is 0 Å². The number of hydrogen-bond donors (Lipinski definition) is 0. The Balaban J connectivity index is 1.86. The first-order valence-corrected chi connectivity index (χ1v) is 7.13. The number of morpholine rings is 1. The van der Waals surface area contributed by atoms with Crippen molar-refractivity contribution in [1.82, 2.24) is 4.90 Å². The molecule has 0 aromatic heterocycles. The normalized spacial score (nSPS) is 17.6. The Bertz CT molecular complexity index is 429. The highest BCUT2D eigenvalue weighted by atomic mass is 16.6. The fourth-order valence-electron chi connectivity index (χ4n) is 1.97. The van der Waals surface area contributed by atoms with Gasteiger partial charge in [-0.25, -0.2) is 0 Å². The third-order valence-corrected chi connectivity index (χ3v) is 3.02. The summed E-state index contributed by atoms with van der Waals surface area (Å²) in [4.78, 5) is 7.74. The molecular formula is C16H24N2O2. The van der Waals surface area contributed by atoms with Crippen molar-refractivity contribution >= 4 is 6.21 Å². The van der Waals surface area contributed by atoms with Crippen LogP contribution < -0.4 is 0 Å². The summed E-state index contributed by atoms with van der Waals surface area (Å²) in [7, 11) is 0. The van der Waals surface area contributed by atoms with E-state index in [4.69, 9.17) is 9.57 Å². The SMILES string of the molecule is CC(C)(C)O/N=C/c1ccc(CN2CCOCC2)cc1. The van der Waals surface area contributed by atoms with Crippen molar-refractivity contribution in [3.63, 3.8) is 0 Å². The lowest BCUT2D eigenvalue weighted by atomic mass is 10.1. The van der Waals surface area contributed by atoms with E-state index in [0.717, 1.165) is 38.4 Å². The minimum atomic E-state index is -0.243. The van der Waals surface area contributed by atoms with Gasteiger partial charge in [-0.05, 0) is 31.9 Å². The molecule has 0 aliphatic carbocycles. The molecule has 0 amide bonds. The number of rotatable bonds is 4. The molecule has 1 heterocycles. The Morgan fingerprint density at radius 2 is 1.85 bits per heavy atom. The second-order valence-electron chi connectivity index (χ2n) is 6.07. The van der Waals surface area contributed by atoms with E-state index in [0.29, 0.717) is 0 Å². The van der Waals surface area contributed by atoms with Crippen molar-refractivity contribution in [3.05, 3.63) is 35.4 Å². The maximum absolute atomic E-state index is 5.36. The first-order valence-electron chi connectivity index (χ1n) is 7.13. The average molecular weight is 276 g/mol. The molecule has 0 N–H and O–H groups in total. The number of oxime groups is 1. The van der Waals surface area contributed by atoms with Crippen molar-refractivity contribution in [1.29, 1.82) is 0 Å². The van der Waals surface area contributed by atoms with Gasteiger partial charge in [0.1, 0.15) is 5.60 Å². The molecule has 0 bridgehead atoms. The van der Waals surface area contributed by atoms with Gasteiger partial charge in [-0.2, -0.15) is 0 Å². The van der Waals surface area contributed by atoms with Gasteiger partial charge in [0, 0.05) is 19.6 Å². The maximum atomic E-state index is 5.36. The largest absolute Gasteiger partial charge is 0.390 e. The third kappa shape index (κ3) is 5.31. The zero-order valence-corrected chi connectivity index (χ0v) is 12.6. The summed E-state index contributed by atoms with van der Waals surface area (Å²) < 4.78 is 5.36. The zero-order chi connectivity index (χ0) is 14.4. The standard InChI is InChI=1S/C16H24N2O2/c1-16(2,3)20-17-12-14-4-6-15(7-5-14)13-18-8-10-19-11-9-18/h4-7,12H,8-11,13H2,1-3H3/b17-12+. The number of hydrogen-bond acceptors (Lipinski definition) is 4. The molecular weight excluding hydrogens is 252 g/mol. The fourth-order valence-corrected chi connectivity index (χ4v) is 1.97. The van der Waals surface area contributed by atoms with Gasteiger partial charge in [0.2, 0.25) is 0 Å². The quantitative estimate of drug-likeness (QED) is 0.626. The van der Waals surface area contributed by atoms with Gasteiger partial charge in [0.25, 0.3) is 0 Å². The summed E-state index contributed by atoms with van der Waals surface area (Å²) in [5.41, 5.74) is 2.13. The second-order valence-corrected chi connectivity index (χ2v) is 6.07. The number of nitrogens with zero attached hydrogens (tertiary/aromatic N) is 2. The highest BCUT2D eigenvalue weighted by Crippen LogP contribution is 2.10. The van der Waals surface area contributed by atoms with E-state index in [-0.39, 0.29) is 5.60 Å². The van der Waals surface area contributed by atoms with E-state index < -0.39 is 0 Å². The lowest BCUT2D eigenvalue weighted by Gasteiger charge is -2.26. The molecule has 0 saturated carbocycles. The molecule has 1 aliphatic heterocycles. The van der Waals surface area contributed by atoms with Crippen LogP contribution in [0.1, 0.15) is 31.9 Å². The molecule has 1 saturated heterocycles. The Kier molecular flexibility index (Phi) is 5.15. The molecule has 1 aliphatic rings. The van der Waals surface area contributed by atoms with Crippen LogP contribution in [0, 0.1) is 0 Å². The van der Waals surface area contributed by atoms with E-state index in [1.807, 2.05) is 20.8 Å². The predicted octanol–water partition coefficient (Wildman–Crippen LogP) is 2.67. The smallest absolute Gasteiger partial charge is 0.129 e. The van der Waals surface area contributed by atoms with Crippen LogP contribution in [0.3, 0.4) is 0 Å². The van der Waals surface area contributed by atoms with Gasteiger partial charge < -0.3 is 9.57 Å². The molecule has 2 rings (SSSR count). The van der Waals surface area contributed by atoms with Crippen LogP contribution in [0.25, 0.3) is 0 Å². The molecule has 1 fully saturated rings. The molecule has 0 atom stereocenters. The molecule has 0 unspecified atom stereocenters. The van der Waals surface area contributed by atoms with Gasteiger partial charge in [-0.3, -0.25) is 4.90 Å². The minimum absolute atomic E-state index is 0.243. The van der Waals surface area contributed by atoms with Crippen LogP contribution in [0.5, 0.6) is 0 Å². The summed E-state index contributed by atoms with van der Waals surface area (Å²) >= 11 is 0. The van der Waals surface area contributed by atoms with Crippen LogP contribution in [-0.2, 0) is 16.1 Å². The average Bonchev–Trinajstić information content (AvgIpc) is 2.41. The van der Waals surface area contributed by atoms with E-state index in [1.54, 1.807) is 6.21 Å². The molecule has 20 heavy (non-hydrogen) atoms. The minimum Gasteiger partial charge on any atom is -0.390 e. The van der Waals surface area contributed by atoms with Crippen LogP contribution in [0.4, 0.5) is 0 Å². The van der Waals surface area contributed by atoms with E-state index >= 15 is 0 Å². The van der Waals surface area contributed by atoms with Crippen molar-refractivity contribution in [2.45, 2.75) is 32.9 Å². The Morgan fingerprint density at radius 1 is 1.20 bits per heavy atom. The Labute approximate surface area is 121 Å². The fraction of sp³-hybridized carbons (Fsp3) is 0.562. The second kappa shape index (κ2) is 6.86. The summed E-state index contributed by atoms with van der Waals surface area (Å²) in [5.74, 6) is 0. The van der Waals surface area contributed by atoms with E-state index in [2.05, 4.69) is 34.3 Å². The molecule has 1 aromatic rings. The lowest BCUT2D eigenvalue weighted by molar-refractivity contribution is 0.00199. The highest BCUT2D eigenvalue weighted by molar-refractivity contribution is 5.79.